The first-order valence-corrected chi connectivity index (χ1v) is 5.16. The number of thiazole rings is 1. The first kappa shape index (κ1) is 15.9. The summed E-state index contributed by atoms with van der Waals surface area (Å²) in [5.41, 5.74) is 12.3. The van der Waals surface area contributed by atoms with E-state index in [2.05, 4.69) is 10.3 Å². The van der Waals surface area contributed by atoms with Crippen LogP contribution in [0.1, 0.15) is 0 Å². The summed E-state index contributed by atoms with van der Waals surface area (Å²) < 4.78 is 0.947. The van der Waals surface area contributed by atoms with Crippen LogP contribution in [0.2, 0.25) is 0 Å². The molecule has 0 fully saturated rings. The van der Waals surface area contributed by atoms with Crippen LogP contribution in [-0.2, 0) is 4.79 Å². The molecule has 0 unspecified atom stereocenters. The Kier molecular flexibility index (Phi) is 6.19. The number of anilines is 2. The van der Waals surface area contributed by atoms with Crippen LogP contribution < -0.4 is 16.8 Å². The molecule has 1 amide bonds. The maximum Gasteiger partial charge on any atom is 0.238 e. The average Bonchev–Trinajstić information content (AvgIpc) is 2.57. The van der Waals surface area contributed by atoms with Gasteiger partial charge < -0.3 is 16.8 Å². The van der Waals surface area contributed by atoms with Crippen molar-refractivity contribution in [2.75, 3.05) is 17.6 Å². The third-order valence-electron chi connectivity index (χ3n) is 1.87. The van der Waals surface area contributed by atoms with Crippen molar-refractivity contribution in [2.45, 2.75) is 0 Å². The Hall–Kier alpha value is -1.08. The maximum absolute atomic E-state index is 11.0. The first-order chi connectivity index (χ1) is 7.19. The summed E-state index contributed by atoms with van der Waals surface area (Å²) in [6.45, 7) is -0.0249. The summed E-state index contributed by atoms with van der Waals surface area (Å²) in [4.78, 5) is 15.2. The second-order valence-electron chi connectivity index (χ2n) is 2.99. The van der Waals surface area contributed by atoms with Crippen LogP contribution in [0.4, 0.5) is 10.8 Å². The number of carbonyl (C=O) groups is 1. The normalized spacial score (nSPS) is 9.24. The number of halogens is 2. The van der Waals surface area contributed by atoms with Gasteiger partial charge in [0.15, 0.2) is 5.13 Å². The van der Waals surface area contributed by atoms with Crippen LogP contribution in [-0.4, -0.2) is 17.4 Å². The van der Waals surface area contributed by atoms with Gasteiger partial charge in [0.1, 0.15) is 0 Å². The molecule has 2 aromatic rings. The van der Waals surface area contributed by atoms with E-state index in [4.69, 9.17) is 11.5 Å². The third kappa shape index (κ3) is 3.71. The van der Waals surface area contributed by atoms with Gasteiger partial charge in [-0.1, -0.05) is 11.3 Å². The number of nitrogens with one attached hydrogen (secondary N) is 1. The van der Waals surface area contributed by atoms with E-state index in [-0.39, 0.29) is 37.3 Å². The van der Waals surface area contributed by atoms with Crippen LogP contribution in [0.25, 0.3) is 10.2 Å². The fourth-order valence-corrected chi connectivity index (χ4v) is 2.01. The molecule has 94 valence electrons. The second kappa shape index (κ2) is 6.61. The summed E-state index contributed by atoms with van der Waals surface area (Å²) in [7, 11) is 0. The van der Waals surface area contributed by atoms with E-state index in [9.17, 15) is 4.79 Å². The highest BCUT2D eigenvalue weighted by Crippen LogP contribution is 2.26. The van der Waals surface area contributed by atoms with Crippen LogP contribution in [0, 0.1) is 0 Å². The molecular formula is C9H12Cl2N4OS. The molecule has 17 heavy (non-hydrogen) atoms. The Morgan fingerprint density at radius 2 is 2.12 bits per heavy atom. The molecular weight excluding hydrogens is 283 g/mol. The number of nitrogen functional groups attached to an aromatic ring is 1. The number of hydrogen-bond donors (Lipinski definition) is 3. The number of benzene rings is 1. The van der Waals surface area contributed by atoms with Crippen molar-refractivity contribution in [1.82, 2.24) is 4.98 Å². The highest BCUT2D eigenvalue weighted by atomic mass is 35.5. The zero-order valence-corrected chi connectivity index (χ0v) is 11.1. The topological polar surface area (TPSA) is 94.0 Å². The molecule has 0 aliphatic heterocycles. The summed E-state index contributed by atoms with van der Waals surface area (Å²) in [6.07, 6.45) is 0. The molecule has 0 radical (unpaired) electrons. The van der Waals surface area contributed by atoms with Gasteiger partial charge in [0, 0.05) is 5.69 Å². The lowest BCUT2D eigenvalue weighted by Gasteiger charge is -2.02. The van der Waals surface area contributed by atoms with E-state index in [0.717, 1.165) is 10.2 Å². The van der Waals surface area contributed by atoms with E-state index < -0.39 is 0 Å². The number of carbonyl (C=O) groups excluding carboxylic acids is 1. The minimum Gasteiger partial charge on any atom is -0.375 e. The molecule has 0 aliphatic rings. The molecule has 1 aromatic heterocycles. The first-order valence-electron chi connectivity index (χ1n) is 4.35. The largest absolute Gasteiger partial charge is 0.375 e. The molecule has 0 bridgehead atoms. The molecule has 0 spiro atoms. The van der Waals surface area contributed by atoms with E-state index in [1.165, 1.54) is 11.3 Å². The van der Waals surface area contributed by atoms with Gasteiger partial charge >= 0.3 is 0 Å². The average molecular weight is 295 g/mol. The van der Waals surface area contributed by atoms with Gasteiger partial charge in [-0.2, -0.15) is 0 Å². The van der Waals surface area contributed by atoms with Crippen molar-refractivity contribution in [2.24, 2.45) is 5.73 Å². The minimum atomic E-state index is -0.216. The SMILES string of the molecule is Cl.Cl.NCC(=O)Nc1ccc2nc(N)sc2c1. The van der Waals surface area contributed by atoms with Crippen molar-refractivity contribution < 1.29 is 4.79 Å². The number of aromatic nitrogens is 1. The standard InChI is InChI=1S/C9H10N4OS.2ClH/c10-4-8(14)12-5-1-2-6-7(3-5)15-9(11)13-6;;/h1-3H,4,10H2,(H2,11,13)(H,12,14);2*1H. The highest BCUT2D eigenvalue weighted by molar-refractivity contribution is 7.22. The van der Waals surface area contributed by atoms with Gasteiger partial charge in [-0.15, -0.1) is 24.8 Å². The third-order valence-corrected chi connectivity index (χ3v) is 2.72. The van der Waals surface area contributed by atoms with E-state index in [1.54, 1.807) is 6.07 Å². The Bertz CT molecular complexity index is 517. The quantitative estimate of drug-likeness (QED) is 0.784. The number of nitrogens with zero attached hydrogens (tertiary/aromatic N) is 1. The Morgan fingerprint density at radius 1 is 1.41 bits per heavy atom. The summed E-state index contributed by atoms with van der Waals surface area (Å²) in [6, 6.07) is 5.42. The Balaban J connectivity index is 0.00000128. The lowest BCUT2D eigenvalue weighted by Crippen LogP contribution is -2.21. The van der Waals surface area contributed by atoms with E-state index in [0.29, 0.717) is 10.8 Å². The van der Waals surface area contributed by atoms with Gasteiger partial charge in [-0.05, 0) is 18.2 Å². The van der Waals surface area contributed by atoms with Gasteiger partial charge in [0.05, 0.1) is 16.8 Å². The highest BCUT2D eigenvalue weighted by Gasteiger charge is 2.03. The predicted octanol–water partition coefficient (Wildman–Crippen LogP) is 1.62. The molecule has 0 saturated carbocycles. The molecule has 0 saturated heterocycles. The number of hydrogen-bond acceptors (Lipinski definition) is 5. The van der Waals surface area contributed by atoms with Gasteiger partial charge in [-0.25, -0.2) is 4.98 Å². The molecule has 1 heterocycles. The minimum absolute atomic E-state index is 0. The van der Waals surface area contributed by atoms with Gasteiger partial charge in [-0.3, -0.25) is 4.79 Å². The summed E-state index contributed by atoms with van der Waals surface area (Å²) in [5.74, 6) is -0.216. The molecule has 2 rings (SSSR count). The van der Waals surface area contributed by atoms with Crippen LogP contribution in [0.5, 0.6) is 0 Å². The predicted molar refractivity (Wildman–Crippen MR) is 76.2 cm³/mol. The lowest BCUT2D eigenvalue weighted by molar-refractivity contribution is -0.114. The second-order valence-corrected chi connectivity index (χ2v) is 4.05. The molecule has 0 atom stereocenters. The number of fused-ring (bicyclic) bond motifs is 1. The van der Waals surface area contributed by atoms with Crippen LogP contribution >= 0.6 is 36.2 Å². The van der Waals surface area contributed by atoms with Crippen molar-refractivity contribution in [3.63, 3.8) is 0 Å². The molecule has 8 heteroatoms. The van der Waals surface area contributed by atoms with Crippen LogP contribution in [0.15, 0.2) is 18.2 Å². The fourth-order valence-electron chi connectivity index (χ4n) is 1.23. The molecule has 1 aromatic carbocycles. The number of nitrogens with two attached hydrogens (primary N) is 2. The fraction of sp³-hybridized carbons (Fsp3) is 0.111. The summed E-state index contributed by atoms with van der Waals surface area (Å²) >= 11 is 1.39. The molecule has 5 nitrogen and oxygen atoms in total. The van der Waals surface area contributed by atoms with Gasteiger partial charge in [0.25, 0.3) is 0 Å². The van der Waals surface area contributed by atoms with Crippen LogP contribution in [0.3, 0.4) is 0 Å². The maximum atomic E-state index is 11.0. The van der Waals surface area contributed by atoms with E-state index in [1.807, 2.05) is 12.1 Å². The van der Waals surface area contributed by atoms with E-state index >= 15 is 0 Å². The van der Waals surface area contributed by atoms with Crippen molar-refractivity contribution in [3.8, 4) is 0 Å². The Morgan fingerprint density at radius 3 is 2.76 bits per heavy atom. The molecule has 5 N–H and O–H groups in total. The van der Waals surface area contributed by atoms with Crippen molar-refractivity contribution in [3.05, 3.63) is 18.2 Å². The number of amides is 1. The molecule has 0 aliphatic carbocycles. The lowest BCUT2D eigenvalue weighted by atomic mass is 10.3. The zero-order chi connectivity index (χ0) is 10.8. The smallest absolute Gasteiger partial charge is 0.238 e. The van der Waals surface area contributed by atoms with Gasteiger partial charge in [0.2, 0.25) is 5.91 Å². The Labute approximate surface area is 114 Å². The van der Waals surface area contributed by atoms with Crippen molar-refractivity contribution in [1.29, 1.82) is 0 Å². The number of rotatable bonds is 2. The summed E-state index contributed by atoms with van der Waals surface area (Å²) in [5, 5.41) is 3.19. The zero-order valence-electron chi connectivity index (χ0n) is 8.67. The monoisotopic (exact) mass is 294 g/mol. The van der Waals surface area contributed by atoms with Crippen molar-refractivity contribution >= 4 is 63.1 Å².